The highest BCUT2D eigenvalue weighted by molar-refractivity contribution is 7.84. The summed E-state index contributed by atoms with van der Waals surface area (Å²) in [6.45, 7) is 1.94. The zero-order chi connectivity index (χ0) is 14.9. The molecule has 7 heteroatoms. The van der Waals surface area contributed by atoms with Gasteiger partial charge in [0.05, 0.1) is 21.5 Å². The number of amidine groups is 1. The van der Waals surface area contributed by atoms with Crippen LogP contribution in [-0.2, 0) is 20.5 Å². The van der Waals surface area contributed by atoms with Crippen LogP contribution in [0, 0.1) is 0 Å². The van der Waals surface area contributed by atoms with Crippen molar-refractivity contribution in [2.75, 3.05) is 21.3 Å². The summed E-state index contributed by atoms with van der Waals surface area (Å²) in [7, 11) is 3.59. The van der Waals surface area contributed by atoms with Gasteiger partial charge in [-0.1, -0.05) is 17.7 Å². The normalized spacial score (nSPS) is 18.9. The summed E-state index contributed by atoms with van der Waals surface area (Å²) in [5, 5.41) is 0.539. The summed E-state index contributed by atoms with van der Waals surface area (Å²) in [6, 6.07) is 5.20. The monoisotopic (exact) mass is 316 g/mol. The molecule has 1 aliphatic rings. The molecule has 5 nitrogen and oxygen atoms in total. The molecular formula is C13H17ClN2O3S. The van der Waals surface area contributed by atoms with E-state index in [2.05, 4.69) is 4.40 Å². The van der Waals surface area contributed by atoms with Crippen molar-refractivity contribution >= 4 is 28.4 Å². The van der Waals surface area contributed by atoms with Crippen LogP contribution < -0.4 is 0 Å². The highest BCUT2D eigenvalue weighted by Gasteiger charge is 2.31. The molecule has 1 aromatic carbocycles. The van der Waals surface area contributed by atoms with Crippen molar-refractivity contribution in [3.8, 4) is 0 Å². The molecule has 0 aliphatic carbocycles. The first-order valence-corrected chi connectivity index (χ1v) is 7.57. The predicted molar refractivity (Wildman–Crippen MR) is 79.4 cm³/mol. The number of fused-ring (bicyclic) bond motifs is 1. The van der Waals surface area contributed by atoms with E-state index in [-0.39, 0.29) is 6.04 Å². The topological polar surface area (TPSA) is 51.1 Å². The van der Waals surface area contributed by atoms with Crippen molar-refractivity contribution < 1.29 is 13.7 Å². The van der Waals surface area contributed by atoms with E-state index < -0.39 is 17.3 Å². The third-order valence-corrected chi connectivity index (χ3v) is 4.73. The quantitative estimate of drug-likeness (QED) is 0.798. The molecule has 2 rings (SSSR count). The molecule has 0 spiro atoms. The number of ether oxygens (including phenoxy) is 2. The Bertz CT molecular complexity index is 561. The molecule has 0 amide bonds. The number of halogens is 1. The van der Waals surface area contributed by atoms with Crippen molar-refractivity contribution in [2.24, 2.45) is 4.40 Å². The first-order chi connectivity index (χ1) is 9.51. The zero-order valence-electron chi connectivity index (χ0n) is 11.8. The number of methoxy groups -OCH3 is 2. The molecule has 1 aromatic rings. The van der Waals surface area contributed by atoms with E-state index in [9.17, 15) is 4.21 Å². The minimum Gasteiger partial charge on any atom is -0.354 e. The fraction of sp³-hybridized carbons (Fsp3) is 0.462. The van der Waals surface area contributed by atoms with Gasteiger partial charge in [-0.2, -0.15) is 4.40 Å². The van der Waals surface area contributed by atoms with Gasteiger partial charge in [0.25, 0.3) is 0 Å². The Kier molecular flexibility index (Phi) is 4.80. The minimum absolute atomic E-state index is 0.108. The standard InChI is InChI=1S/C13H17ClN2O3S/c1-8(13(18-3)19-4)16(2)12-11-9(14)6-5-7-10(11)20(17)15-12/h5-8,13H,1-4H3. The van der Waals surface area contributed by atoms with Gasteiger partial charge in [-0.25, -0.2) is 4.21 Å². The maximum absolute atomic E-state index is 12.0. The second-order valence-electron chi connectivity index (χ2n) is 4.47. The molecule has 0 N–H and O–H groups in total. The number of benzene rings is 1. The van der Waals surface area contributed by atoms with E-state index in [0.717, 1.165) is 0 Å². The molecule has 0 saturated heterocycles. The molecule has 1 aliphatic heterocycles. The van der Waals surface area contributed by atoms with Gasteiger partial charge in [0.2, 0.25) is 0 Å². The second-order valence-corrected chi connectivity index (χ2v) is 6.00. The van der Waals surface area contributed by atoms with E-state index in [1.54, 1.807) is 32.4 Å². The van der Waals surface area contributed by atoms with Crippen LogP contribution in [0.25, 0.3) is 0 Å². The Morgan fingerprint density at radius 3 is 2.60 bits per heavy atom. The number of likely N-dealkylation sites (N-methyl/N-ethyl adjacent to an activating group) is 1. The summed E-state index contributed by atoms with van der Waals surface area (Å²) in [5.41, 5.74) is 0.716. The lowest BCUT2D eigenvalue weighted by Gasteiger charge is -2.31. The third-order valence-electron chi connectivity index (χ3n) is 3.36. The Morgan fingerprint density at radius 2 is 2.00 bits per heavy atom. The maximum atomic E-state index is 12.0. The van der Waals surface area contributed by atoms with Crippen molar-refractivity contribution in [3.05, 3.63) is 28.8 Å². The summed E-state index contributed by atoms with van der Waals surface area (Å²) in [5.74, 6) is 0.593. The molecule has 20 heavy (non-hydrogen) atoms. The van der Waals surface area contributed by atoms with E-state index in [1.165, 1.54) is 0 Å². The number of hydrogen-bond donors (Lipinski definition) is 0. The van der Waals surface area contributed by atoms with Crippen LogP contribution in [0.4, 0.5) is 0 Å². The van der Waals surface area contributed by atoms with Gasteiger partial charge in [-0.15, -0.1) is 0 Å². The summed E-state index contributed by atoms with van der Waals surface area (Å²) < 4.78 is 26.8. The van der Waals surface area contributed by atoms with Gasteiger partial charge in [0.1, 0.15) is 5.84 Å². The third kappa shape index (κ3) is 2.61. The fourth-order valence-corrected chi connectivity index (χ4v) is 3.51. The van der Waals surface area contributed by atoms with Crippen LogP contribution in [0.3, 0.4) is 0 Å². The van der Waals surface area contributed by atoms with Crippen LogP contribution in [0.5, 0.6) is 0 Å². The Labute approximate surface area is 126 Å². The second kappa shape index (κ2) is 6.22. The van der Waals surface area contributed by atoms with E-state index in [0.29, 0.717) is 21.3 Å². The molecule has 2 unspecified atom stereocenters. The molecule has 0 saturated carbocycles. The van der Waals surface area contributed by atoms with E-state index >= 15 is 0 Å². The summed E-state index contributed by atoms with van der Waals surface area (Å²) in [6.07, 6.45) is -0.414. The predicted octanol–water partition coefficient (Wildman–Crippen LogP) is 2.06. The molecular weight excluding hydrogens is 300 g/mol. The molecule has 0 fully saturated rings. The van der Waals surface area contributed by atoms with Gasteiger partial charge in [-0.3, -0.25) is 0 Å². The van der Waals surface area contributed by atoms with Gasteiger partial charge in [0, 0.05) is 21.3 Å². The lowest BCUT2D eigenvalue weighted by molar-refractivity contribution is -0.131. The average molecular weight is 317 g/mol. The maximum Gasteiger partial charge on any atom is 0.176 e. The minimum atomic E-state index is -1.41. The molecule has 0 bridgehead atoms. The number of rotatable bonds is 4. The highest BCUT2D eigenvalue weighted by atomic mass is 35.5. The van der Waals surface area contributed by atoms with Gasteiger partial charge >= 0.3 is 0 Å². The van der Waals surface area contributed by atoms with E-state index in [1.807, 2.05) is 18.9 Å². The lowest BCUT2D eigenvalue weighted by atomic mass is 10.1. The summed E-state index contributed by atoms with van der Waals surface area (Å²) >= 11 is 6.22. The highest BCUT2D eigenvalue weighted by Crippen LogP contribution is 2.31. The first kappa shape index (κ1) is 15.4. The lowest BCUT2D eigenvalue weighted by Crippen LogP contribution is -2.44. The Balaban J connectivity index is 2.36. The number of nitrogens with zero attached hydrogens (tertiary/aromatic N) is 2. The molecule has 0 aromatic heterocycles. The van der Waals surface area contributed by atoms with Gasteiger partial charge in [0.15, 0.2) is 17.3 Å². The zero-order valence-corrected chi connectivity index (χ0v) is 13.4. The van der Waals surface area contributed by atoms with Crippen LogP contribution in [-0.4, -0.2) is 48.5 Å². The Hall–Kier alpha value is -0.950. The van der Waals surface area contributed by atoms with E-state index in [4.69, 9.17) is 21.1 Å². The smallest absolute Gasteiger partial charge is 0.176 e. The molecule has 2 atom stereocenters. The first-order valence-electron chi connectivity index (χ1n) is 6.09. The van der Waals surface area contributed by atoms with Crippen molar-refractivity contribution in [3.63, 3.8) is 0 Å². The number of hydrogen-bond acceptors (Lipinski definition) is 4. The molecule has 0 radical (unpaired) electrons. The van der Waals surface area contributed by atoms with Crippen LogP contribution >= 0.6 is 11.6 Å². The van der Waals surface area contributed by atoms with Crippen molar-refractivity contribution in [2.45, 2.75) is 24.2 Å². The van der Waals surface area contributed by atoms with Crippen LogP contribution in [0.15, 0.2) is 27.5 Å². The largest absolute Gasteiger partial charge is 0.354 e. The van der Waals surface area contributed by atoms with Crippen molar-refractivity contribution in [1.29, 1.82) is 0 Å². The van der Waals surface area contributed by atoms with Gasteiger partial charge in [-0.05, 0) is 19.1 Å². The van der Waals surface area contributed by atoms with Gasteiger partial charge < -0.3 is 14.4 Å². The summed E-state index contributed by atoms with van der Waals surface area (Å²) in [4.78, 5) is 2.51. The molecule has 1 heterocycles. The fourth-order valence-electron chi connectivity index (χ4n) is 2.15. The Morgan fingerprint density at radius 1 is 1.35 bits per heavy atom. The molecule has 110 valence electrons. The van der Waals surface area contributed by atoms with Crippen LogP contribution in [0.2, 0.25) is 5.02 Å². The average Bonchev–Trinajstić information content (AvgIpc) is 2.78. The van der Waals surface area contributed by atoms with Crippen molar-refractivity contribution in [1.82, 2.24) is 4.90 Å². The SMILES string of the molecule is COC(OC)C(C)N(C)C1=NS(=O)c2cccc(Cl)c21. The van der Waals surface area contributed by atoms with Crippen LogP contribution in [0.1, 0.15) is 12.5 Å².